The lowest BCUT2D eigenvalue weighted by Crippen LogP contribution is -2.48. The molecule has 3 fully saturated rings. The fraction of sp³-hybridized carbons (Fsp3) is 0.500. The number of aliphatic hydroxyl groups is 1. The Kier molecular flexibility index (Phi) is 12.1. The second-order valence-corrected chi connectivity index (χ2v) is 14.0. The molecule has 5 atom stereocenters. The summed E-state index contributed by atoms with van der Waals surface area (Å²) in [6, 6.07) is 25.1. The van der Waals surface area contributed by atoms with Gasteiger partial charge in [0.15, 0.2) is 6.29 Å². The number of rotatable bonds is 14. The molecule has 0 radical (unpaired) electrons. The molecule has 1 amide bonds. The number of hydrogen-bond donors (Lipinski definition) is 3. The summed E-state index contributed by atoms with van der Waals surface area (Å²) in [5, 5.41) is 21.3. The molecule has 262 valence electrons. The standard InChI is InChI=1S/C40H51N3O6/c1-28-36(26-43-22-6-9-35(43)25-42-20-2-3-21-42)48-40(49-39(28)32-14-12-29(27-44)13-15-32)33-18-16-31(17-19-33)34-8-4-7-30(23-34)24-41-37(45)10-5-11-38(46)47/h4,7-8,12-19,23,28,35-36,39-40,44H,2-3,5-6,9-11,20-22,24-27H2,1H3,(H,41,45)(H,46,47)/t28-,35+,36+,39+,40+/m1/s1. The van der Waals surface area contributed by atoms with Crippen LogP contribution in [0.1, 0.15) is 86.5 Å². The normalized spacial score (nSPS) is 24.7. The van der Waals surface area contributed by atoms with Gasteiger partial charge >= 0.3 is 5.97 Å². The van der Waals surface area contributed by atoms with E-state index in [0.717, 1.165) is 53.0 Å². The van der Waals surface area contributed by atoms with Crippen LogP contribution in [-0.4, -0.2) is 76.8 Å². The third-order valence-corrected chi connectivity index (χ3v) is 10.4. The van der Waals surface area contributed by atoms with Gasteiger partial charge in [0.25, 0.3) is 0 Å². The molecule has 0 aliphatic carbocycles. The molecule has 3 heterocycles. The average molecular weight is 670 g/mol. The minimum absolute atomic E-state index is 0.00357. The number of aliphatic hydroxyl groups excluding tert-OH is 1. The monoisotopic (exact) mass is 669 g/mol. The third-order valence-electron chi connectivity index (χ3n) is 10.4. The highest BCUT2D eigenvalue weighted by Crippen LogP contribution is 2.42. The molecule has 49 heavy (non-hydrogen) atoms. The van der Waals surface area contributed by atoms with Crippen molar-refractivity contribution in [2.75, 3.05) is 32.7 Å². The van der Waals surface area contributed by atoms with Gasteiger partial charge in [-0.25, -0.2) is 0 Å². The highest BCUT2D eigenvalue weighted by molar-refractivity contribution is 5.76. The average Bonchev–Trinajstić information content (AvgIpc) is 3.81. The van der Waals surface area contributed by atoms with Crippen LogP contribution in [0.3, 0.4) is 0 Å². The maximum atomic E-state index is 12.2. The van der Waals surface area contributed by atoms with Crippen LogP contribution in [-0.2, 0) is 32.2 Å². The van der Waals surface area contributed by atoms with Crippen LogP contribution >= 0.6 is 0 Å². The first-order valence-corrected chi connectivity index (χ1v) is 18.0. The zero-order chi connectivity index (χ0) is 34.2. The Hall–Kier alpha value is -3.60. The second-order valence-electron chi connectivity index (χ2n) is 14.0. The van der Waals surface area contributed by atoms with Crippen LogP contribution in [0.2, 0.25) is 0 Å². The van der Waals surface area contributed by atoms with E-state index in [0.29, 0.717) is 19.0 Å². The van der Waals surface area contributed by atoms with Crippen molar-refractivity contribution in [3.63, 3.8) is 0 Å². The topological polar surface area (TPSA) is 112 Å². The molecule has 0 unspecified atom stereocenters. The fourth-order valence-electron chi connectivity index (χ4n) is 7.55. The van der Waals surface area contributed by atoms with Crippen molar-refractivity contribution in [3.05, 3.63) is 95.1 Å². The summed E-state index contributed by atoms with van der Waals surface area (Å²) in [7, 11) is 0. The summed E-state index contributed by atoms with van der Waals surface area (Å²) in [5.74, 6) is -0.895. The van der Waals surface area contributed by atoms with Crippen LogP contribution in [0.15, 0.2) is 72.8 Å². The van der Waals surface area contributed by atoms with Gasteiger partial charge < -0.3 is 29.9 Å². The molecule has 3 N–H and O–H groups in total. The van der Waals surface area contributed by atoms with Gasteiger partial charge in [0.1, 0.15) is 0 Å². The van der Waals surface area contributed by atoms with E-state index in [1.165, 1.54) is 38.8 Å². The summed E-state index contributed by atoms with van der Waals surface area (Å²) in [4.78, 5) is 28.2. The molecule has 0 aromatic heterocycles. The van der Waals surface area contributed by atoms with Crippen molar-refractivity contribution in [3.8, 4) is 11.1 Å². The molecule has 0 bridgehead atoms. The molecule has 9 heteroatoms. The van der Waals surface area contributed by atoms with Crippen LogP contribution in [0.4, 0.5) is 0 Å². The fourth-order valence-corrected chi connectivity index (χ4v) is 7.55. The van der Waals surface area contributed by atoms with Gasteiger partial charge in [0, 0.05) is 50.0 Å². The molecule has 3 aliphatic rings. The van der Waals surface area contributed by atoms with Crippen molar-refractivity contribution in [2.45, 2.75) is 89.6 Å². The van der Waals surface area contributed by atoms with E-state index in [4.69, 9.17) is 14.6 Å². The Morgan fingerprint density at radius 2 is 1.59 bits per heavy atom. The number of carbonyl (C=O) groups excluding carboxylic acids is 1. The molecule has 0 spiro atoms. The summed E-state index contributed by atoms with van der Waals surface area (Å²) in [6.07, 6.45) is 4.95. The number of ether oxygens (including phenoxy) is 2. The number of likely N-dealkylation sites (tertiary alicyclic amines) is 2. The zero-order valence-corrected chi connectivity index (χ0v) is 28.6. The summed E-state index contributed by atoms with van der Waals surface area (Å²) in [5.41, 5.74) is 6.02. The van der Waals surface area contributed by atoms with Crippen molar-refractivity contribution < 1.29 is 29.3 Å². The SMILES string of the molecule is C[C@@H]1[C@H](CN2CCC[C@H]2CN2CCCC2)O[C@H](c2ccc(-c3cccc(CNC(=O)CCCC(=O)O)c3)cc2)O[C@@H]1c1ccc(CO)cc1. The molecule has 6 rings (SSSR count). The Morgan fingerprint density at radius 3 is 2.33 bits per heavy atom. The molecule has 3 saturated heterocycles. The van der Waals surface area contributed by atoms with Gasteiger partial charge in [-0.3, -0.25) is 14.5 Å². The number of carboxylic acid groups (broad SMARTS) is 1. The van der Waals surface area contributed by atoms with E-state index in [9.17, 15) is 14.7 Å². The lowest BCUT2D eigenvalue weighted by Gasteiger charge is -2.43. The number of aliphatic carboxylic acids is 1. The lowest BCUT2D eigenvalue weighted by atomic mass is 9.89. The van der Waals surface area contributed by atoms with Crippen molar-refractivity contribution >= 4 is 11.9 Å². The first-order chi connectivity index (χ1) is 23.9. The van der Waals surface area contributed by atoms with Gasteiger partial charge in [-0.15, -0.1) is 0 Å². The smallest absolute Gasteiger partial charge is 0.303 e. The zero-order valence-electron chi connectivity index (χ0n) is 28.6. The molecule has 9 nitrogen and oxygen atoms in total. The minimum atomic E-state index is -0.889. The largest absolute Gasteiger partial charge is 0.481 e. The quantitative estimate of drug-likeness (QED) is 0.190. The van der Waals surface area contributed by atoms with Crippen molar-refractivity contribution in [2.24, 2.45) is 5.92 Å². The number of carboxylic acids is 1. The molecule has 3 aromatic carbocycles. The van der Waals surface area contributed by atoms with Gasteiger partial charge in [-0.1, -0.05) is 73.7 Å². The van der Waals surface area contributed by atoms with Crippen molar-refractivity contribution in [1.82, 2.24) is 15.1 Å². The highest BCUT2D eigenvalue weighted by Gasteiger charge is 2.40. The molecule has 0 saturated carbocycles. The summed E-state index contributed by atoms with van der Waals surface area (Å²) < 4.78 is 13.6. The Labute approximate surface area is 290 Å². The molecular formula is C40H51N3O6. The molecule has 3 aliphatic heterocycles. The van der Waals surface area contributed by atoms with E-state index in [-0.39, 0.29) is 43.5 Å². The molecule has 3 aromatic rings. The Morgan fingerprint density at radius 1 is 0.837 bits per heavy atom. The number of nitrogens with one attached hydrogen (secondary N) is 1. The highest BCUT2D eigenvalue weighted by atomic mass is 16.7. The Balaban J connectivity index is 1.15. The van der Waals surface area contributed by atoms with E-state index in [1.807, 2.05) is 24.3 Å². The number of carbonyl (C=O) groups is 2. The number of nitrogens with zero attached hydrogens (tertiary/aromatic N) is 2. The summed E-state index contributed by atoms with van der Waals surface area (Å²) in [6.45, 7) is 8.21. The van der Waals surface area contributed by atoms with Gasteiger partial charge in [-0.2, -0.15) is 0 Å². The van der Waals surface area contributed by atoms with Gasteiger partial charge in [0.05, 0.1) is 18.8 Å². The first-order valence-electron chi connectivity index (χ1n) is 18.0. The number of benzene rings is 3. The maximum Gasteiger partial charge on any atom is 0.303 e. The Bertz CT molecular complexity index is 1520. The number of hydrogen-bond acceptors (Lipinski definition) is 7. The van der Waals surface area contributed by atoms with Gasteiger partial charge in [0.2, 0.25) is 5.91 Å². The van der Waals surface area contributed by atoms with E-state index in [2.05, 4.69) is 70.6 Å². The second kappa shape index (κ2) is 16.9. The van der Waals surface area contributed by atoms with Crippen LogP contribution in [0, 0.1) is 5.92 Å². The maximum absolute atomic E-state index is 12.2. The van der Waals surface area contributed by atoms with E-state index in [1.54, 1.807) is 0 Å². The van der Waals surface area contributed by atoms with Crippen LogP contribution in [0.5, 0.6) is 0 Å². The van der Waals surface area contributed by atoms with E-state index >= 15 is 0 Å². The van der Waals surface area contributed by atoms with Crippen molar-refractivity contribution in [1.29, 1.82) is 0 Å². The predicted octanol–water partition coefficient (Wildman–Crippen LogP) is 6.07. The number of amides is 1. The van der Waals surface area contributed by atoms with E-state index < -0.39 is 12.3 Å². The lowest BCUT2D eigenvalue weighted by molar-refractivity contribution is -0.276. The van der Waals surface area contributed by atoms with Crippen LogP contribution in [0.25, 0.3) is 11.1 Å². The van der Waals surface area contributed by atoms with Crippen LogP contribution < -0.4 is 5.32 Å². The minimum Gasteiger partial charge on any atom is -0.481 e. The van der Waals surface area contributed by atoms with Gasteiger partial charge in [-0.05, 0) is 85.6 Å². The summed E-state index contributed by atoms with van der Waals surface area (Å²) >= 11 is 0. The predicted molar refractivity (Wildman–Crippen MR) is 188 cm³/mol. The third kappa shape index (κ3) is 9.35. The molecular weight excluding hydrogens is 618 g/mol. The first kappa shape index (κ1) is 35.2.